The van der Waals surface area contributed by atoms with E-state index in [-0.39, 0.29) is 36.6 Å². The van der Waals surface area contributed by atoms with Gasteiger partial charge in [-0.1, -0.05) is 19.1 Å². The second-order valence-corrected chi connectivity index (χ2v) is 6.90. The van der Waals surface area contributed by atoms with Gasteiger partial charge in [0.1, 0.15) is 0 Å². The van der Waals surface area contributed by atoms with E-state index in [4.69, 9.17) is 0 Å². The lowest BCUT2D eigenvalue weighted by Gasteiger charge is -2.30. The van der Waals surface area contributed by atoms with E-state index in [0.29, 0.717) is 12.3 Å². The van der Waals surface area contributed by atoms with Crippen molar-refractivity contribution in [3.8, 4) is 0 Å². The maximum absolute atomic E-state index is 12.3. The molecule has 1 heterocycles. The van der Waals surface area contributed by atoms with Crippen LogP contribution in [-0.2, 0) is 17.6 Å². The molecular formula is C19H27ClN2O2. The van der Waals surface area contributed by atoms with Gasteiger partial charge in [0.25, 0.3) is 0 Å². The van der Waals surface area contributed by atoms with E-state index in [9.17, 15) is 9.59 Å². The summed E-state index contributed by atoms with van der Waals surface area (Å²) < 4.78 is 0. The van der Waals surface area contributed by atoms with Gasteiger partial charge in [-0.2, -0.15) is 0 Å². The number of benzene rings is 1. The molecule has 3 rings (SSSR count). The minimum atomic E-state index is -0.0138. The molecule has 5 heteroatoms. The summed E-state index contributed by atoms with van der Waals surface area (Å²) in [6.07, 6.45) is 5.03. The molecule has 132 valence electrons. The van der Waals surface area contributed by atoms with Crippen molar-refractivity contribution in [3.05, 3.63) is 34.9 Å². The molecule has 1 amide bonds. The molecule has 4 nitrogen and oxygen atoms in total. The first kappa shape index (κ1) is 18.9. The molecule has 1 aromatic carbocycles. The molecular weight excluding hydrogens is 324 g/mol. The number of carbonyl (C=O) groups is 2. The number of Topliss-reactive ketones (excluding diaryl/α,β-unsaturated/α-hetero) is 1. The molecule has 24 heavy (non-hydrogen) atoms. The van der Waals surface area contributed by atoms with Crippen LogP contribution in [0.3, 0.4) is 0 Å². The second-order valence-electron chi connectivity index (χ2n) is 6.90. The number of halogens is 1. The van der Waals surface area contributed by atoms with E-state index in [1.807, 2.05) is 12.1 Å². The number of ketones is 1. The second kappa shape index (κ2) is 8.63. The summed E-state index contributed by atoms with van der Waals surface area (Å²) in [5, 5.41) is 6.37. The number of hydrogen-bond donors (Lipinski definition) is 2. The summed E-state index contributed by atoms with van der Waals surface area (Å²) in [5.74, 6) is 0.553. The van der Waals surface area contributed by atoms with Crippen LogP contribution in [0.15, 0.2) is 18.2 Å². The fourth-order valence-corrected chi connectivity index (χ4v) is 3.58. The average Bonchev–Trinajstić information content (AvgIpc) is 3.02. The average molecular weight is 351 g/mol. The van der Waals surface area contributed by atoms with Crippen molar-refractivity contribution in [2.24, 2.45) is 5.92 Å². The van der Waals surface area contributed by atoms with E-state index in [1.165, 1.54) is 17.5 Å². The van der Waals surface area contributed by atoms with Crippen LogP contribution in [0.1, 0.15) is 54.1 Å². The Labute approximate surface area is 150 Å². The zero-order valence-electron chi connectivity index (χ0n) is 14.3. The topological polar surface area (TPSA) is 58.2 Å². The van der Waals surface area contributed by atoms with Crippen LogP contribution in [0.5, 0.6) is 0 Å². The Kier molecular flexibility index (Phi) is 6.81. The van der Waals surface area contributed by atoms with Gasteiger partial charge in [0.15, 0.2) is 5.78 Å². The fraction of sp³-hybridized carbons (Fsp3) is 0.579. The highest BCUT2D eigenvalue weighted by molar-refractivity contribution is 5.98. The molecule has 1 aliphatic heterocycles. The molecule has 2 N–H and O–H groups in total. The highest BCUT2D eigenvalue weighted by atomic mass is 35.5. The number of carbonyl (C=O) groups excluding carboxylic acids is 2. The van der Waals surface area contributed by atoms with Crippen LogP contribution < -0.4 is 10.6 Å². The maximum Gasteiger partial charge on any atom is 0.220 e. The number of nitrogens with one attached hydrogen (secondary N) is 2. The van der Waals surface area contributed by atoms with Crippen LogP contribution in [0.25, 0.3) is 0 Å². The third kappa shape index (κ3) is 4.58. The molecule has 2 atom stereocenters. The van der Waals surface area contributed by atoms with Crippen molar-refractivity contribution in [3.63, 3.8) is 0 Å². The summed E-state index contributed by atoms with van der Waals surface area (Å²) in [5.41, 5.74) is 3.44. The third-order valence-electron chi connectivity index (χ3n) is 5.17. The van der Waals surface area contributed by atoms with Crippen LogP contribution in [0.2, 0.25) is 0 Å². The maximum atomic E-state index is 12.3. The van der Waals surface area contributed by atoms with Gasteiger partial charge in [-0.25, -0.2) is 0 Å². The number of rotatable bonds is 5. The number of aryl methyl sites for hydroxylation is 2. The van der Waals surface area contributed by atoms with Gasteiger partial charge in [0.2, 0.25) is 5.91 Å². The van der Waals surface area contributed by atoms with Crippen LogP contribution in [0.4, 0.5) is 0 Å². The molecule has 1 aliphatic carbocycles. The van der Waals surface area contributed by atoms with Gasteiger partial charge in [-0.3, -0.25) is 9.59 Å². The zero-order chi connectivity index (χ0) is 16.2. The SMILES string of the molecule is CC1CCNCC1NC(=O)CCC(=O)c1ccc2c(c1)CCC2.Cl. The van der Waals surface area contributed by atoms with Crippen molar-refractivity contribution < 1.29 is 9.59 Å². The van der Waals surface area contributed by atoms with Crippen molar-refractivity contribution in [2.45, 2.75) is 51.5 Å². The van der Waals surface area contributed by atoms with Crippen molar-refractivity contribution in [1.82, 2.24) is 10.6 Å². The molecule has 0 saturated carbocycles. The Hall–Kier alpha value is -1.39. The lowest BCUT2D eigenvalue weighted by atomic mass is 9.94. The van der Waals surface area contributed by atoms with E-state index >= 15 is 0 Å². The van der Waals surface area contributed by atoms with Gasteiger partial charge >= 0.3 is 0 Å². The van der Waals surface area contributed by atoms with Crippen LogP contribution >= 0.6 is 12.4 Å². The summed E-state index contributed by atoms with van der Waals surface area (Å²) in [4.78, 5) is 24.4. The van der Waals surface area contributed by atoms with Crippen molar-refractivity contribution in [2.75, 3.05) is 13.1 Å². The van der Waals surface area contributed by atoms with Gasteiger partial charge < -0.3 is 10.6 Å². The molecule has 0 bridgehead atoms. The number of fused-ring (bicyclic) bond motifs is 1. The summed E-state index contributed by atoms with van der Waals surface area (Å²) >= 11 is 0. The van der Waals surface area contributed by atoms with Crippen LogP contribution in [0, 0.1) is 5.92 Å². The molecule has 2 unspecified atom stereocenters. The summed E-state index contributed by atoms with van der Waals surface area (Å²) in [6.45, 7) is 4.01. The Balaban J connectivity index is 0.00000208. The fourth-order valence-electron chi connectivity index (χ4n) is 3.58. The molecule has 0 spiro atoms. The monoisotopic (exact) mass is 350 g/mol. The van der Waals surface area contributed by atoms with Gasteiger partial charge in [-0.15, -0.1) is 12.4 Å². The molecule has 2 aliphatic rings. The Morgan fingerprint density at radius 3 is 2.79 bits per heavy atom. The largest absolute Gasteiger partial charge is 0.352 e. The van der Waals surface area contributed by atoms with E-state index in [2.05, 4.69) is 23.6 Å². The minimum absolute atomic E-state index is 0. The van der Waals surface area contributed by atoms with Gasteiger partial charge in [0.05, 0.1) is 0 Å². The highest BCUT2D eigenvalue weighted by Crippen LogP contribution is 2.23. The lowest BCUT2D eigenvalue weighted by Crippen LogP contribution is -2.50. The standard InChI is InChI=1S/C19H26N2O2.ClH/c1-13-9-10-20-12-17(13)21-19(23)8-7-18(22)16-6-5-14-3-2-4-15(14)11-16;/h5-6,11,13,17,20H,2-4,7-10,12H2,1H3,(H,21,23);1H. The number of piperidine rings is 1. The smallest absolute Gasteiger partial charge is 0.220 e. The number of hydrogen-bond acceptors (Lipinski definition) is 3. The normalized spacial score (nSPS) is 22.4. The predicted octanol–water partition coefficient (Wildman–Crippen LogP) is 2.67. The Bertz CT molecular complexity index is 603. The number of amides is 1. The summed E-state index contributed by atoms with van der Waals surface area (Å²) in [7, 11) is 0. The first-order valence-corrected chi connectivity index (χ1v) is 8.78. The van der Waals surface area contributed by atoms with Gasteiger partial charge in [-0.05, 0) is 55.3 Å². The zero-order valence-corrected chi connectivity index (χ0v) is 15.1. The predicted molar refractivity (Wildman–Crippen MR) is 97.9 cm³/mol. The van der Waals surface area contributed by atoms with Crippen LogP contribution in [-0.4, -0.2) is 30.8 Å². The van der Waals surface area contributed by atoms with E-state index in [0.717, 1.165) is 37.9 Å². The first-order chi connectivity index (χ1) is 11.1. The van der Waals surface area contributed by atoms with Crippen molar-refractivity contribution in [1.29, 1.82) is 0 Å². The quantitative estimate of drug-likeness (QED) is 0.803. The molecule has 1 saturated heterocycles. The van der Waals surface area contributed by atoms with E-state index in [1.54, 1.807) is 0 Å². The Morgan fingerprint density at radius 1 is 1.21 bits per heavy atom. The minimum Gasteiger partial charge on any atom is -0.352 e. The molecule has 0 aromatic heterocycles. The molecule has 1 aromatic rings. The third-order valence-corrected chi connectivity index (χ3v) is 5.17. The van der Waals surface area contributed by atoms with Gasteiger partial charge in [0, 0.05) is 31.0 Å². The molecule has 1 fully saturated rings. The van der Waals surface area contributed by atoms with Crippen molar-refractivity contribution >= 4 is 24.1 Å². The highest BCUT2D eigenvalue weighted by Gasteiger charge is 2.23. The molecule has 0 radical (unpaired) electrons. The lowest BCUT2D eigenvalue weighted by molar-refractivity contribution is -0.122. The Morgan fingerprint density at radius 2 is 2.00 bits per heavy atom. The van der Waals surface area contributed by atoms with E-state index < -0.39 is 0 Å². The summed E-state index contributed by atoms with van der Waals surface area (Å²) in [6, 6.07) is 6.20. The first-order valence-electron chi connectivity index (χ1n) is 8.78.